The molecule has 1 amide bonds. The smallest absolute Gasteiger partial charge is 0.243 e. The third kappa shape index (κ3) is 4.12. The Morgan fingerprint density at radius 1 is 1.29 bits per heavy atom. The number of sulfone groups is 1. The summed E-state index contributed by atoms with van der Waals surface area (Å²) in [5, 5.41) is 12.4. The number of nitrogens with one attached hydrogen (secondary N) is 1. The van der Waals surface area contributed by atoms with E-state index >= 15 is 0 Å². The van der Waals surface area contributed by atoms with Gasteiger partial charge in [-0.25, -0.2) is 16.8 Å². The monoisotopic (exact) mass is 376 g/mol. The van der Waals surface area contributed by atoms with E-state index in [9.17, 15) is 26.7 Å². The average molecular weight is 376 g/mol. The minimum atomic E-state index is -3.93. The lowest BCUT2D eigenvalue weighted by molar-refractivity contribution is -0.119. The first-order valence-corrected chi connectivity index (χ1v) is 10.5. The van der Waals surface area contributed by atoms with Gasteiger partial charge in [-0.1, -0.05) is 12.1 Å². The van der Waals surface area contributed by atoms with Gasteiger partial charge < -0.3 is 10.4 Å². The minimum Gasteiger partial charge on any atom is -0.390 e. The third-order valence-electron chi connectivity index (χ3n) is 3.90. The fourth-order valence-corrected chi connectivity index (χ4v) is 5.83. The molecule has 1 aliphatic rings. The van der Waals surface area contributed by atoms with Gasteiger partial charge in [0, 0.05) is 20.5 Å². The standard InChI is InChI=1S/C14H20N2O6S2/c1-10(17)15-7-11-3-5-12(6-4-11)24(21,22)16(2)13-8-23(19,20)9-14(13)18/h3-6,13-14,18H,7-9H2,1-2H3,(H,15,17)/t13-,14-/m1/s1. The van der Waals surface area contributed by atoms with Gasteiger partial charge in [0.2, 0.25) is 15.9 Å². The molecule has 0 bridgehead atoms. The Morgan fingerprint density at radius 2 is 1.88 bits per heavy atom. The molecule has 0 aliphatic carbocycles. The van der Waals surface area contributed by atoms with Crippen molar-refractivity contribution in [3.05, 3.63) is 29.8 Å². The highest BCUT2D eigenvalue weighted by Gasteiger charge is 2.42. The number of rotatable bonds is 5. The molecular weight excluding hydrogens is 356 g/mol. The van der Waals surface area contributed by atoms with E-state index in [-0.39, 0.29) is 17.3 Å². The molecule has 2 atom stereocenters. The summed E-state index contributed by atoms with van der Waals surface area (Å²) in [6, 6.07) is 4.91. The molecule has 1 aliphatic heterocycles. The highest BCUT2D eigenvalue weighted by Crippen LogP contribution is 2.24. The van der Waals surface area contributed by atoms with Crippen LogP contribution in [0.15, 0.2) is 29.2 Å². The van der Waals surface area contributed by atoms with Crippen LogP contribution in [0.1, 0.15) is 12.5 Å². The maximum absolute atomic E-state index is 12.6. The molecule has 1 aromatic rings. The van der Waals surface area contributed by atoms with Crippen LogP contribution in [0.4, 0.5) is 0 Å². The van der Waals surface area contributed by atoms with Gasteiger partial charge in [0.05, 0.1) is 28.5 Å². The van der Waals surface area contributed by atoms with Crippen molar-refractivity contribution in [2.24, 2.45) is 0 Å². The Kier molecular flexibility index (Phi) is 5.33. The number of hydrogen-bond donors (Lipinski definition) is 2. The quantitative estimate of drug-likeness (QED) is 0.687. The summed E-state index contributed by atoms with van der Waals surface area (Å²) in [5.74, 6) is -1.03. The predicted octanol–water partition coefficient (Wildman–Crippen LogP) is -0.899. The topological polar surface area (TPSA) is 121 Å². The van der Waals surface area contributed by atoms with Crippen LogP contribution >= 0.6 is 0 Å². The van der Waals surface area contributed by atoms with Crippen LogP contribution in [-0.2, 0) is 31.2 Å². The van der Waals surface area contributed by atoms with Crippen LogP contribution in [0.3, 0.4) is 0 Å². The van der Waals surface area contributed by atoms with E-state index in [0.717, 1.165) is 9.87 Å². The Hall–Kier alpha value is -1.49. The molecule has 1 aromatic carbocycles. The van der Waals surface area contributed by atoms with Crippen molar-refractivity contribution in [2.75, 3.05) is 18.6 Å². The number of carbonyl (C=O) groups is 1. The number of benzene rings is 1. The Labute approximate surface area is 141 Å². The number of aliphatic hydroxyl groups excluding tert-OH is 1. The molecule has 24 heavy (non-hydrogen) atoms. The zero-order valence-electron chi connectivity index (χ0n) is 13.3. The number of sulfonamides is 1. The van der Waals surface area contributed by atoms with Gasteiger partial charge in [-0.3, -0.25) is 4.79 Å². The van der Waals surface area contributed by atoms with Crippen molar-refractivity contribution < 1.29 is 26.7 Å². The highest BCUT2D eigenvalue weighted by atomic mass is 32.2. The van der Waals surface area contributed by atoms with Gasteiger partial charge in [-0.15, -0.1) is 0 Å². The fourth-order valence-electron chi connectivity index (χ4n) is 2.51. The normalized spacial score (nSPS) is 23.3. The lowest BCUT2D eigenvalue weighted by atomic mass is 10.2. The molecular formula is C14H20N2O6S2. The van der Waals surface area contributed by atoms with Gasteiger partial charge in [-0.05, 0) is 17.7 Å². The van der Waals surface area contributed by atoms with Gasteiger partial charge in [0.1, 0.15) is 0 Å². The first-order chi connectivity index (χ1) is 11.0. The molecule has 1 heterocycles. The van der Waals surface area contributed by atoms with Crippen molar-refractivity contribution in [1.82, 2.24) is 9.62 Å². The van der Waals surface area contributed by atoms with Crippen LogP contribution in [0.5, 0.6) is 0 Å². The van der Waals surface area contributed by atoms with Crippen LogP contribution in [-0.4, -0.2) is 62.9 Å². The molecule has 0 radical (unpaired) electrons. The number of likely N-dealkylation sites (N-methyl/N-ethyl adjacent to an activating group) is 1. The van der Waals surface area contributed by atoms with Gasteiger partial charge >= 0.3 is 0 Å². The molecule has 0 saturated carbocycles. The Balaban J connectivity index is 2.19. The van der Waals surface area contributed by atoms with Gasteiger partial charge in [-0.2, -0.15) is 4.31 Å². The maximum Gasteiger partial charge on any atom is 0.243 e. The number of nitrogens with zero attached hydrogens (tertiary/aromatic N) is 1. The Morgan fingerprint density at radius 3 is 2.33 bits per heavy atom. The van der Waals surface area contributed by atoms with E-state index in [1.165, 1.54) is 26.1 Å². The highest BCUT2D eigenvalue weighted by molar-refractivity contribution is 7.92. The summed E-state index contributed by atoms with van der Waals surface area (Å²) in [6.07, 6.45) is -1.24. The largest absolute Gasteiger partial charge is 0.390 e. The molecule has 134 valence electrons. The number of amides is 1. The Bertz CT molecular complexity index is 817. The van der Waals surface area contributed by atoms with Crippen molar-refractivity contribution in [2.45, 2.75) is 30.5 Å². The van der Waals surface area contributed by atoms with E-state index in [2.05, 4.69) is 5.32 Å². The summed E-state index contributed by atoms with van der Waals surface area (Å²) in [5.41, 5.74) is 0.732. The van der Waals surface area contributed by atoms with Crippen LogP contribution in [0.25, 0.3) is 0 Å². The lowest BCUT2D eigenvalue weighted by Crippen LogP contribution is -2.44. The first-order valence-electron chi connectivity index (χ1n) is 7.23. The molecule has 1 fully saturated rings. The van der Waals surface area contributed by atoms with Crippen molar-refractivity contribution in [3.63, 3.8) is 0 Å². The summed E-state index contributed by atoms with van der Waals surface area (Å²) >= 11 is 0. The summed E-state index contributed by atoms with van der Waals surface area (Å²) < 4.78 is 49.3. The fraction of sp³-hybridized carbons (Fsp3) is 0.500. The van der Waals surface area contributed by atoms with Crippen LogP contribution in [0.2, 0.25) is 0 Å². The molecule has 0 aromatic heterocycles. The molecule has 0 unspecified atom stereocenters. The molecule has 10 heteroatoms. The predicted molar refractivity (Wildman–Crippen MR) is 87.4 cm³/mol. The first kappa shape index (κ1) is 18.8. The molecule has 1 saturated heterocycles. The maximum atomic E-state index is 12.6. The number of carbonyl (C=O) groups excluding carboxylic acids is 1. The number of aliphatic hydroxyl groups is 1. The summed E-state index contributed by atoms with van der Waals surface area (Å²) in [6.45, 7) is 1.67. The average Bonchev–Trinajstić information content (AvgIpc) is 2.77. The molecule has 2 N–H and O–H groups in total. The SMILES string of the molecule is CC(=O)NCc1ccc(S(=O)(=O)N(C)[C@@H]2CS(=O)(=O)C[C@H]2O)cc1. The van der Waals surface area contributed by atoms with E-state index in [1.54, 1.807) is 12.1 Å². The van der Waals surface area contributed by atoms with E-state index < -0.39 is 43.5 Å². The second-order valence-corrected chi connectivity index (χ2v) is 9.94. The van der Waals surface area contributed by atoms with Crippen LogP contribution in [0, 0.1) is 0 Å². The van der Waals surface area contributed by atoms with E-state index in [4.69, 9.17) is 0 Å². The van der Waals surface area contributed by atoms with Crippen molar-refractivity contribution >= 4 is 25.8 Å². The van der Waals surface area contributed by atoms with Crippen molar-refractivity contribution in [3.8, 4) is 0 Å². The second kappa shape index (κ2) is 6.79. The van der Waals surface area contributed by atoms with Crippen molar-refractivity contribution in [1.29, 1.82) is 0 Å². The molecule has 0 spiro atoms. The lowest BCUT2D eigenvalue weighted by Gasteiger charge is -2.25. The minimum absolute atomic E-state index is 0.00641. The summed E-state index contributed by atoms with van der Waals surface area (Å²) in [4.78, 5) is 10.9. The molecule has 2 rings (SSSR count). The zero-order chi connectivity index (χ0) is 18.1. The number of hydrogen-bond acceptors (Lipinski definition) is 6. The molecule has 8 nitrogen and oxygen atoms in total. The summed E-state index contributed by atoms with van der Waals surface area (Å²) in [7, 11) is -6.12. The van der Waals surface area contributed by atoms with Crippen LogP contribution < -0.4 is 5.32 Å². The second-order valence-electron chi connectivity index (χ2n) is 5.79. The van der Waals surface area contributed by atoms with Gasteiger partial charge in [0.25, 0.3) is 0 Å². The van der Waals surface area contributed by atoms with E-state index in [0.29, 0.717) is 0 Å². The van der Waals surface area contributed by atoms with Gasteiger partial charge in [0.15, 0.2) is 9.84 Å². The zero-order valence-corrected chi connectivity index (χ0v) is 15.0. The third-order valence-corrected chi connectivity index (χ3v) is 7.50. The van der Waals surface area contributed by atoms with E-state index in [1.807, 2.05) is 0 Å².